The molecule has 1 spiro atoms. The molecule has 0 aliphatic carbocycles. The largest absolute Gasteiger partial charge is 0.491 e. The van der Waals surface area contributed by atoms with Crippen molar-refractivity contribution in [1.29, 1.82) is 0 Å². The van der Waals surface area contributed by atoms with Gasteiger partial charge in [0.2, 0.25) is 4.87 Å². The molecule has 1 unspecified atom stereocenters. The molecule has 1 aromatic carbocycles. The minimum atomic E-state index is -1.97. The minimum absolute atomic E-state index is 0.179. The van der Waals surface area contributed by atoms with Crippen molar-refractivity contribution in [3.05, 3.63) is 16.7 Å². The van der Waals surface area contributed by atoms with Crippen LogP contribution in [0.5, 0.6) is 11.5 Å². The summed E-state index contributed by atoms with van der Waals surface area (Å²) in [4.78, 5) is 28.5. The van der Waals surface area contributed by atoms with Gasteiger partial charge in [-0.2, -0.15) is 0 Å². The van der Waals surface area contributed by atoms with Gasteiger partial charge in [0.05, 0.1) is 24.9 Å². The number of likely N-dealkylation sites (N-methyl/N-ethyl adjacent to an activating group) is 2. The van der Waals surface area contributed by atoms with E-state index < -0.39 is 33.5 Å². The molecule has 2 N–H and O–H groups in total. The maximum atomic E-state index is 13.6. The molecule has 30 heavy (non-hydrogen) atoms. The second-order valence-electron chi connectivity index (χ2n) is 7.92. The highest BCUT2D eigenvalue weighted by Gasteiger charge is 2.82. The first kappa shape index (κ1) is 20.4. The number of carbonyl (C=O) groups is 2. The number of anilines is 1. The van der Waals surface area contributed by atoms with Gasteiger partial charge < -0.3 is 29.5 Å². The molecule has 9 nitrogen and oxygen atoms in total. The summed E-state index contributed by atoms with van der Waals surface area (Å²) >= 11 is 6.39. The van der Waals surface area contributed by atoms with E-state index in [4.69, 9.17) is 21.1 Å². The first-order valence-electron chi connectivity index (χ1n) is 9.10. The number of aliphatic hydroxyl groups excluding tert-OH is 1. The van der Waals surface area contributed by atoms with E-state index in [2.05, 4.69) is 0 Å². The fourth-order valence-corrected chi connectivity index (χ4v) is 8.91. The SMILES string of the molecule is COc1c(Cl)cc2c(c1OC)N(C)C1N3C(=O)[C@@]4(C)SS[C@@]3(C(=O)N4C)[C@H](O)[C@]21O. The summed E-state index contributed by atoms with van der Waals surface area (Å²) in [5.41, 5.74) is -1.25. The fourth-order valence-electron chi connectivity index (χ4n) is 5.10. The predicted molar refractivity (Wildman–Crippen MR) is 113 cm³/mol. The Bertz CT molecular complexity index is 1030. The monoisotopic (exact) mass is 473 g/mol. The number of fused-ring (bicyclic) bond motifs is 5. The molecular weight excluding hydrogens is 454 g/mol. The molecule has 2 bridgehead atoms. The van der Waals surface area contributed by atoms with Gasteiger partial charge in [-0.15, -0.1) is 0 Å². The van der Waals surface area contributed by atoms with E-state index >= 15 is 0 Å². The van der Waals surface area contributed by atoms with Crippen LogP contribution < -0.4 is 14.4 Å². The number of aliphatic hydroxyl groups is 2. The van der Waals surface area contributed by atoms with E-state index in [9.17, 15) is 19.8 Å². The minimum Gasteiger partial charge on any atom is -0.491 e. The molecule has 1 aromatic rings. The quantitative estimate of drug-likeness (QED) is 0.604. The lowest BCUT2D eigenvalue weighted by Gasteiger charge is -2.58. The van der Waals surface area contributed by atoms with Crippen LogP contribution in [0, 0.1) is 0 Å². The fraction of sp³-hybridized carbons (Fsp3) is 0.556. The molecule has 0 aromatic heterocycles. The van der Waals surface area contributed by atoms with E-state index in [1.165, 1.54) is 40.9 Å². The van der Waals surface area contributed by atoms with Crippen molar-refractivity contribution >= 4 is 50.7 Å². The van der Waals surface area contributed by atoms with E-state index in [0.717, 1.165) is 10.8 Å². The molecule has 4 fully saturated rings. The zero-order valence-electron chi connectivity index (χ0n) is 16.8. The van der Waals surface area contributed by atoms with Crippen LogP contribution in [0.15, 0.2) is 6.07 Å². The summed E-state index contributed by atoms with van der Waals surface area (Å²) in [5.74, 6) is -0.232. The number of hydrogen-bond acceptors (Lipinski definition) is 9. The van der Waals surface area contributed by atoms with Gasteiger partial charge in [0.15, 0.2) is 22.0 Å². The maximum Gasteiger partial charge on any atom is 0.264 e. The third kappa shape index (κ3) is 1.81. The molecule has 12 heteroatoms. The lowest BCUT2D eigenvalue weighted by Crippen LogP contribution is -2.77. The summed E-state index contributed by atoms with van der Waals surface area (Å²) in [6.07, 6.45) is -2.63. The van der Waals surface area contributed by atoms with E-state index in [1.54, 1.807) is 25.9 Å². The Labute approximate surface area is 185 Å². The number of hydrogen-bond donors (Lipinski definition) is 2. The van der Waals surface area contributed by atoms with Gasteiger partial charge >= 0.3 is 0 Å². The molecule has 5 atom stereocenters. The van der Waals surface area contributed by atoms with Gasteiger partial charge in [-0.1, -0.05) is 22.4 Å². The van der Waals surface area contributed by atoms with Crippen LogP contribution in [-0.4, -0.2) is 82.2 Å². The number of carbonyl (C=O) groups excluding carboxylic acids is 2. The highest BCUT2D eigenvalue weighted by molar-refractivity contribution is 8.78. The van der Waals surface area contributed by atoms with Crippen LogP contribution in [0.2, 0.25) is 5.02 Å². The Balaban J connectivity index is 1.81. The number of methoxy groups -OCH3 is 2. The molecule has 5 aliphatic heterocycles. The lowest BCUT2D eigenvalue weighted by atomic mass is 9.87. The number of piperazine rings is 1. The summed E-state index contributed by atoms with van der Waals surface area (Å²) in [6, 6.07) is 1.50. The zero-order chi connectivity index (χ0) is 22.0. The van der Waals surface area contributed by atoms with Crippen LogP contribution >= 0.6 is 33.2 Å². The first-order valence-corrected chi connectivity index (χ1v) is 11.6. The molecular formula is C18H20ClN3O6S2. The van der Waals surface area contributed by atoms with Crippen LogP contribution in [0.3, 0.4) is 0 Å². The van der Waals surface area contributed by atoms with Crippen LogP contribution in [-0.2, 0) is 15.2 Å². The molecule has 2 amide bonds. The number of nitrogens with zero attached hydrogens (tertiary/aromatic N) is 3. The predicted octanol–water partition coefficient (Wildman–Crippen LogP) is 0.803. The highest BCUT2D eigenvalue weighted by atomic mass is 35.5. The Hall–Kier alpha value is -1.53. The first-order chi connectivity index (χ1) is 14.0. The molecule has 4 saturated heterocycles. The average molecular weight is 474 g/mol. The van der Waals surface area contributed by atoms with Crippen molar-refractivity contribution in [3.63, 3.8) is 0 Å². The van der Waals surface area contributed by atoms with Crippen molar-refractivity contribution in [1.82, 2.24) is 9.80 Å². The zero-order valence-corrected chi connectivity index (χ0v) is 19.2. The summed E-state index contributed by atoms with van der Waals surface area (Å²) in [5, 5.41) is 23.6. The molecule has 0 saturated carbocycles. The Morgan fingerprint density at radius 1 is 1.13 bits per heavy atom. The Morgan fingerprint density at radius 2 is 1.77 bits per heavy atom. The van der Waals surface area contributed by atoms with Gasteiger partial charge in [-0.05, 0) is 23.8 Å². The third-order valence-corrected chi connectivity index (χ3v) is 10.7. The molecule has 6 rings (SSSR count). The molecule has 5 aliphatic rings. The van der Waals surface area contributed by atoms with E-state index in [1.807, 2.05) is 0 Å². The molecule has 5 heterocycles. The highest BCUT2D eigenvalue weighted by Crippen LogP contribution is 2.69. The van der Waals surface area contributed by atoms with Crippen molar-refractivity contribution in [3.8, 4) is 11.5 Å². The number of benzene rings is 1. The van der Waals surface area contributed by atoms with Gasteiger partial charge in [0.1, 0.15) is 12.3 Å². The number of rotatable bonds is 2. The Morgan fingerprint density at radius 3 is 2.37 bits per heavy atom. The summed E-state index contributed by atoms with van der Waals surface area (Å²) in [6.45, 7) is 1.67. The van der Waals surface area contributed by atoms with Crippen molar-refractivity contribution in [2.45, 2.75) is 34.5 Å². The number of ether oxygens (including phenoxy) is 2. The number of halogens is 1. The standard InChI is InChI=1S/C18H20ClN3O6S2/c1-16-14(24)22-13-17(26,12(23)18(22,30-29-16)15(25)21(16)3)7-6-8(19)10(27-4)11(28-5)9(7)20(13)2/h6,12-13,23,26H,1-5H3/t12-,13?,16-,17-,18-/m1/s1. The second kappa shape index (κ2) is 5.83. The topological polar surface area (TPSA) is 103 Å². The van der Waals surface area contributed by atoms with E-state index in [0.29, 0.717) is 5.69 Å². The van der Waals surface area contributed by atoms with Crippen molar-refractivity contribution < 1.29 is 29.3 Å². The van der Waals surface area contributed by atoms with Gasteiger partial charge in [0.25, 0.3) is 11.8 Å². The normalized spacial score (nSPS) is 38.7. The van der Waals surface area contributed by atoms with Crippen molar-refractivity contribution in [2.24, 2.45) is 0 Å². The average Bonchev–Trinajstić information content (AvgIpc) is 3.06. The van der Waals surface area contributed by atoms with Crippen molar-refractivity contribution in [2.75, 3.05) is 33.2 Å². The molecule has 162 valence electrons. The Kier molecular flexibility index (Phi) is 3.96. The maximum absolute atomic E-state index is 13.6. The van der Waals surface area contributed by atoms with E-state index in [-0.39, 0.29) is 28.0 Å². The van der Waals surface area contributed by atoms with Gasteiger partial charge in [0, 0.05) is 19.7 Å². The second-order valence-corrected chi connectivity index (χ2v) is 11.1. The number of amides is 2. The van der Waals surface area contributed by atoms with Crippen LogP contribution in [0.1, 0.15) is 12.5 Å². The van der Waals surface area contributed by atoms with Crippen LogP contribution in [0.25, 0.3) is 0 Å². The summed E-state index contributed by atoms with van der Waals surface area (Å²) in [7, 11) is 8.43. The summed E-state index contributed by atoms with van der Waals surface area (Å²) < 4.78 is 10.9. The van der Waals surface area contributed by atoms with Gasteiger partial charge in [-0.25, -0.2) is 0 Å². The van der Waals surface area contributed by atoms with Gasteiger partial charge in [-0.3, -0.25) is 14.5 Å². The third-order valence-electron chi connectivity index (χ3n) is 6.70. The lowest BCUT2D eigenvalue weighted by molar-refractivity contribution is -0.166. The molecule has 0 radical (unpaired) electrons. The smallest absolute Gasteiger partial charge is 0.264 e. The van der Waals surface area contributed by atoms with Crippen LogP contribution in [0.4, 0.5) is 5.69 Å².